The Balaban J connectivity index is 2.03. The molecule has 1 fully saturated rings. The van der Waals surface area contributed by atoms with Crippen molar-refractivity contribution in [2.45, 2.75) is 52.5 Å². The molecule has 1 N–H and O–H groups in total. The zero-order valence-electron chi connectivity index (χ0n) is 10.6. The molecule has 1 unspecified atom stereocenters. The van der Waals surface area contributed by atoms with E-state index in [-0.39, 0.29) is 0 Å². The molecule has 0 aliphatic carbocycles. The maximum atomic E-state index is 5.38. The van der Waals surface area contributed by atoms with Crippen LogP contribution in [0.4, 0.5) is 0 Å². The first-order valence-corrected chi connectivity index (χ1v) is 6.49. The average molecular weight is 213 g/mol. The number of ether oxygens (including phenoxy) is 1. The van der Waals surface area contributed by atoms with Crippen LogP contribution in [0.5, 0.6) is 0 Å². The van der Waals surface area contributed by atoms with Crippen LogP contribution in [0.15, 0.2) is 0 Å². The molecule has 0 aromatic carbocycles. The average Bonchev–Trinajstić information content (AvgIpc) is 2.18. The van der Waals surface area contributed by atoms with Crippen LogP contribution in [0.25, 0.3) is 0 Å². The molecule has 1 rings (SSSR count). The van der Waals surface area contributed by atoms with Crippen molar-refractivity contribution < 1.29 is 4.74 Å². The van der Waals surface area contributed by atoms with E-state index in [1.54, 1.807) is 0 Å². The fourth-order valence-corrected chi connectivity index (χ4v) is 2.29. The molecule has 1 saturated heterocycles. The van der Waals surface area contributed by atoms with Gasteiger partial charge in [0.1, 0.15) is 0 Å². The van der Waals surface area contributed by atoms with E-state index in [1.807, 2.05) is 0 Å². The molecule has 1 aliphatic heterocycles. The number of nitrogens with one attached hydrogen (secondary N) is 1. The number of rotatable bonds is 6. The molecule has 0 bridgehead atoms. The SMILES string of the molecule is CC(CCNC(C)C)CC1CCOCC1. The van der Waals surface area contributed by atoms with Gasteiger partial charge in [0.2, 0.25) is 0 Å². The van der Waals surface area contributed by atoms with Crippen molar-refractivity contribution in [3.63, 3.8) is 0 Å². The minimum atomic E-state index is 0.625. The number of hydrogen-bond donors (Lipinski definition) is 1. The summed E-state index contributed by atoms with van der Waals surface area (Å²) in [7, 11) is 0. The lowest BCUT2D eigenvalue weighted by molar-refractivity contribution is 0.0590. The molecular weight excluding hydrogens is 186 g/mol. The van der Waals surface area contributed by atoms with Gasteiger partial charge in [-0.05, 0) is 44.1 Å². The normalized spacial score (nSPS) is 20.8. The molecule has 2 heteroatoms. The van der Waals surface area contributed by atoms with Crippen LogP contribution in [0.2, 0.25) is 0 Å². The monoisotopic (exact) mass is 213 g/mol. The largest absolute Gasteiger partial charge is 0.381 e. The van der Waals surface area contributed by atoms with Crippen LogP contribution in [0, 0.1) is 11.8 Å². The van der Waals surface area contributed by atoms with E-state index in [0.29, 0.717) is 6.04 Å². The zero-order chi connectivity index (χ0) is 11.1. The predicted octanol–water partition coefficient (Wildman–Crippen LogP) is 2.83. The highest BCUT2D eigenvalue weighted by Gasteiger charge is 2.16. The summed E-state index contributed by atoms with van der Waals surface area (Å²) in [6, 6.07) is 0.625. The molecule has 0 spiro atoms. The lowest BCUT2D eigenvalue weighted by atomic mass is 9.88. The molecule has 1 heterocycles. The van der Waals surface area contributed by atoms with Gasteiger partial charge in [-0.2, -0.15) is 0 Å². The molecule has 90 valence electrons. The van der Waals surface area contributed by atoms with Crippen molar-refractivity contribution in [2.75, 3.05) is 19.8 Å². The van der Waals surface area contributed by atoms with Gasteiger partial charge in [-0.3, -0.25) is 0 Å². The Labute approximate surface area is 94.8 Å². The summed E-state index contributed by atoms with van der Waals surface area (Å²) in [5.41, 5.74) is 0. The van der Waals surface area contributed by atoms with Gasteiger partial charge in [-0.1, -0.05) is 20.8 Å². The highest BCUT2D eigenvalue weighted by molar-refractivity contribution is 4.68. The molecule has 0 saturated carbocycles. The van der Waals surface area contributed by atoms with E-state index < -0.39 is 0 Å². The van der Waals surface area contributed by atoms with E-state index in [9.17, 15) is 0 Å². The van der Waals surface area contributed by atoms with Crippen molar-refractivity contribution in [3.05, 3.63) is 0 Å². The fraction of sp³-hybridized carbons (Fsp3) is 1.00. The predicted molar refractivity (Wildman–Crippen MR) is 65.1 cm³/mol. The first-order chi connectivity index (χ1) is 7.18. The maximum absolute atomic E-state index is 5.38. The minimum absolute atomic E-state index is 0.625. The molecule has 0 aromatic heterocycles. The van der Waals surface area contributed by atoms with Gasteiger partial charge in [0.15, 0.2) is 0 Å². The highest BCUT2D eigenvalue weighted by Crippen LogP contribution is 2.24. The van der Waals surface area contributed by atoms with E-state index in [1.165, 1.54) is 32.2 Å². The van der Waals surface area contributed by atoms with Gasteiger partial charge in [0.25, 0.3) is 0 Å². The van der Waals surface area contributed by atoms with Gasteiger partial charge in [0.05, 0.1) is 0 Å². The molecular formula is C13H27NO. The third-order valence-electron chi connectivity index (χ3n) is 3.27. The van der Waals surface area contributed by atoms with Crippen LogP contribution in [0.3, 0.4) is 0 Å². The smallest absolute Gasteiger partial charge is 0.0468 e. The summed E-state index contributed by atoms with van der Waals surface area (Å²) in [4.78, 5) is 0. The van der Waals surface area contributed by atoms with Crippen molar-refractivity contribution in [1.29, 1.82) is 0 Å². The molecule has 1 atom stereocenters. The van der Waals surface area contributed by atoms with Crippen molar-refractivity contribution in [2.24, 2.45) is 11.8 Å². The fourth-order valence-electron chi connectivity index (χ4n) is 2.29. The molecule has 15 heavy (non-hydrogen) atoms. The second-order valence-corrected chi connectivity index (χ2v) is 5.29. The molecule has 0 radical (unpaired) electrons. The minimum Gasteiger partial charge on any atom is -0.381 e. The first-order valence-electron chi connectivity index (χ1n) is 6.49. The quantitative estimate of drug-likeness (QED) is 0.732. The van der Waals surface area contributed by atoms with E-state index in [4.69, 9.17) is 4.74 Å². The Bertz CT molecular complexity index is 153. The maximum Gasteiger partial charge on any atom is 0.0468 e. The van der Waals surface area contributed by atoms with Gasteiger partial charge in [-0.25, -0.2) is 0 Å². The van der Waals surface area contributed by atoms with Gasteiger partial charge < -0.3 is 10.1 Å². The summed E-state index contributed by atoms with van der Waals surface area (Å²) < 4.78 is 5.38. The van der Waals surface area contributed by atoms with Crippen LogP contribution in [-0.2, 0) is 4.74 Å². The topological polar surface area (TPSA) is 21.3 Å². The van der Waals surface area contributed by atoms with Crippen molar-refractivity contribution in [1.82, 2.24) is 5.32 Å². The Morgan fingerprint density at radius 2 is 1.87 bits per heavy atom. The van der Waals surface area contributed by atoms with Crippen LogP contribution in [-0.4, -0.2) is 25.8 Å². The van der Waals surface area contributed by atoms with Crippen LogP contribution >= 0.6 is 0 Å². The third-order valence-corrected chi connectivity index (χ3v) is 3.27. The second kappa shape index (κ2) is 7.24. The Morgan fingerprint density at radius 3 is 2.47 bits per heavy atom. The summed E-state index contributed by atoms with van der Waals surface area (Å²) in [6.07, 6.45) is 5.27. The van der Waals surface area contributed by atoms with Crippen molar-refractivity contribution in [3.8, 4) is 0 Å². The van der Waals surface area contributed by atoms with E-state index >= 15 is 0 Å². The third kappa shape index (κ3) is 6.16. The Hall–Kier alpha value is -0.0800. The summed E-state index contributed by atoms with van der Waals surface area (Å²) >= 11 is 0. The summed E-state index contributed by atoms with van der Waals surface area (Å²) in [5.74, 6) is 1.78. The van der Waals surface area contributed by atoms with E-state index in [2.05, 4.69) is 26.1 Å². The van der Waals surface area contributed by atoms with Crippen LogP contribution in [0.1, 0.15) is 46.5 Å². The first kappa shape index (κ1) is 13.0. The highest BCUT2D eigenvalue weighted by atomic mass is 16.5. The van der Waals surface area contributed by atoms with Gasteiger partial charge >= 0.3 is 0 Å². The molecule has 2 nitrogen and oxygen atoms in total. The lowest BCUT2D eigenvalue weighted by Gasteiger charge is -2.25. The standard InChI is InChI=1S/C13H27NO/c1-11(2)14-7-4-12(3)10-13-5-8-15-9-6-13/h11-14H,4-10H2,1-3H3. The zero-order valence-corrected chi connectivity index (χ0v) is 10.6. The second-order valence-electron chi connectivity index (χ2n) is 5.29. The number of hydrogen-bond acceptors (Lipinski definition) is 2. The lowest BCUT2D eigenvalue weighted by Crippen LogP contribution is -2.25. The van der Waals surface area contributed by atoms with Crippen LogP contribution < -0.4 is 5.32 Å². The molecule has 0 aromatic rings. The molecule has 0 amide bonds. The van der Waals surface area contributed by atoms with Gasteiger partial charge in [-0.15, -0.1) is 0 Å². The summed E-state index contributed by atoms with van der Waals surface area (Å²) in [5, 5.41) is 3.49. The summed E-state index contributed by atoms with van der Waals surface area (Å²) in [6.45, 7) is 9.95. The van der Waals surface area contributed by atoms with Crippen molar-refractivity contribution >= 4 is 0 Å². The van der Waals surface area contributed by atoms with Gasteiger partial charge in [0, 0.05) is 19.3 Å². The Morgan fingerprint density at radius 1 is 1.20 bits per heavy atom. The Kier molecular flexibility index (Phi) is 6.26. The molecule has 1 aliphatic rings. The van der Waals surface area contributed by atoms with E-state index in [0.717, 1.165) is 25.0 Å².